The number of aromatic amines is 1. The summed E-state index contributed by atoms with van der Waals surface area (Å²) < 4.78 is 28.9. The molecule has 0 saturated carbocycles. The van der Waals surface area contributed by atoms with Crippen LogP contribution in [-0.4, -0.2) is 38.6 Å². The first-order chi connectivity index (χ1) is 12.1. The van der Waals surface area contributed by atoms with Crippen molar-refractivity contribution < 1.29 is 8.42 Å². The highest BCUT2D eigenvalue weighted by Gasteiger charge is 2.35. The molecule has 1 aliphatic rings. The second kappa shape index (κ2) is 6.08. The normalized spacial score (nSPS) is 19.3. The van der Waals surface area contributed by atoms with Gasteiger partial charge in [0.15, 0.2) is 0 Å². The lowest BCUT2D eigenvalue weighted by Crippen LogP contribution is -2.39. The molecule has 1 atom stereocenters. The summed E-state index contributed by atoms with van der Waals surface area (Å²) in [5.74, 6) is 0.409. The average molecular weight is 359 g/mol. The molecule has 0 aromatic carbocycles. The summed E-state index contributed by atoms with van der Waals surface area (Å²) in [6.45, 7) is 0.406. The molecule has 1 fully saturated rings. The largest absolute Gasteiger partial charge is 0.327 e. The molecule has 4 rings (SSSR count). The van der Waals surface area contributed by atoms with E-state index in [0.29, 0.717) is 24.4 Å². The lowest BCUT2D eigenvalue weighted by Gasteiger charge is -2.34. The van der Waals surface area contributed by atoms with Gasteiger partial charge in [-0.15, -0.1) is 0 Å². The quantitative estimate of drug-likeness (QED) is 0.760. The topological polar surface area (TPSA) is 100 Å². The molecular formula is C16H17N5O3S. The number of aromatic nitrogens is 4. The minimum atomic E-state index is -3.69. The second-order valence-corrected chi connectivity index (χ2v) is 7.89. The molecule has 1 saturated heterocycles. The summed E-state index contributed by atoms with van der Waals surface area (Å²) in [4.78, 5) is 23.5. The van der Waals surface area contributed by atoms with Gasteiger partial charge in [-0.2, -0.15) is 4.31 Å². The fraction of sp³-hybridized carbons (Fsp3) is 0.312. The first kappa shape index (κ1) is 16.0. The number of imidazole rings is 1. The molecule has 0 spiro atoms. The zero-order valence-corrected chi connectivity index (χ0v) is 14.2. The molecule has 130 valence electrons. The van der Waals surface area contributed by atoms with Crippen molar-refractivity contribution in [1.82, 2.24) is 23.7 Å². The number of hydrogen-bond acceptors (Lipinski definition) is 5. The lowest BCUT2D eigenvalue weighted by molar-refractivity contribution is 0.251. The van der Waals surface area contributed by atoms with Gasteiger partial charge in [0.1, 0.15) is 4.90 Å². The first-order valence-electron chi connectivity index (χ1n) is 8.05. The number of nitrogens with zero attached hydrogens (tertiary/aromatic N) is 4. The van der Waals surface area contributed by atoms with Gasteiger partial charge in [-0.25, -0.2) is 13.4 Å². The van der Waals surface area contributed by atoms with Crippen LogP contribution in [0.2, 0.25) is 0 Å². The summed E-state index contributed by atoms with van der Waals surface area (Å²) in [6.07, 6.45) is 8.31. The van der Waals surface area contributed by atoms with Gasteiger partial charge >= 0.3 is 0 Å². The molecule has 0 aliphatic carbocycles. The summed E-state index contributed by atoms with van der Waals surface area (Å²) in [5, 5.41) is 0. The maximum Gasteiger partial charge on any atom is 0.259 e. The van der Waals surface area contributed by atoms with E-state index < -0.39 is 16.1 Å². The van der Waals surface area contributed by atoms with Crippen LogP contribution < -0.4 is 5.56 Å². The average Bonchev–Trinajstić information content (AvgIpc) is 3.12. The number of pyridine rings is 1. The Labute approximate surface area is 144 Å². The maximum absolute atomic E-state index is 13.0. The van der Waals surface area contributed by atoms with E-state index in [9.17, 15) is 13.2 Å². The van der Waals surface area contributed by atoms with Crippen molar-refractivity contribution in [3.63, 3.8) is 0 Å². The molecule has 4 heterocycles. The molecule has 0 radical (unpaired) electrons. The molecule has 0 amide bonds. The Morgan fingerprint density at radius 1 is 1.24 bits per heavy atom. The number of H-pyrrole nitrogens is 1. The first-order valence-corrected chi connectivity index (χ1v) is 9.49. The Morgan fingerprint density at radius 2 is 2.12 bits per heavy atom. The number of rotatable bonds is 3. The van der Waals surface area contributed by atoms with Crippen molar-refractivity contribution in [3.8, 4) is 0 Å². The lowest BCUT2D eigenvalue weighted by atomic mass is 10.0. The zero-order chi connectivity index (χ0) is 17.4. The molecular weight excluding hydrogens is 342 g/mol. The van der Waals surface area contributed by atoms with Crippen molar-refractivity contribution in [2.45, 2.75) is 30.2 Å². The van der Waals surface area contributed by atoms with Crippen molar-refractivity contribution in [2.75, 3.05) is 6.54 Å². The van der Waals surface area contributed by atoms with E-state index in [1.54, 1.807) is 12.3 Å². The minimum Gasteiger partial charge on any atom is -0.327 e. The fourth-order valence-electron chi connectivity index (χ4n) is 3.26. The molecule has 8 nitrogen and oxygen atoms in total. The van der Waals surface area contributed by atoms with Crippen LogP contribution in [0.15, 0.2) is 52.7 Å². The molecule has 9 heteroatoms. The monoisotopic (exact) mass is 359 g/mol. The Kier molecular flexibility index (Phi) is 3.89. The number of nitrogens with one attached hydrogen (secondary N) is 1. The van der Waals surface area contributed by atoms with E-state index in [2.05, 4.69) is 15.0 Å². The Hall–Kier alpha value is -2.52. The zero-order valence-electron chi connectivity index (χ0n) is 13.4. The van der Waals surface area contributed by atoms with Crippen LogP contribution in [0.4, 0.5) is 0 Å². The van der Waals surface area contributed by atoms with Crippen LogP contribution in [0, 0.1) is 0 Å². The van der Waals surface area contributed by atoms with Crippen molar-refractivity contribution in [1.29, 1.82) is 0 Å². The maximum atomic E-state index is 13.0. The Balaban J connectivity index is 1.80. The van der Waals surface area contributed by atoms with Crippen LogP contribution >= 0.6 is 0 Å². The molecule has 1 N–H and O–H groups in total. The van der Waals surface area contributed by atoms with Crippen LogP contribution in [0.5, 0.6) is 0 Å². The highest BCUT2D eigenvalue weighted by Crippen LogP contribution is 2.34. The van der Waals surface area contributed by atoms with Gasteiger partial charge < -0.3 is 4.98 Å². The fourth-order valence-corrected chi connectivity index (χ4v) is 4.90. The van der Waals surface area contributed by atoms with Gasteiger partial charge in [-0.05, 0) is 25.0 Å². The smallest absolute Gasteiger partial charge is 0.259 e. The van der Waals surface area contributed by atoms with E-state index in [0.717, 1.165) is 12.8 Å². The third kappa shape index (κ3) is 2.75. The summed E-state index contributed by atoms with van der Waals surface area (Å²) in [5.41, 5.74) is 0.335. The van der Waals surface area contributed by atoms with E-state index in [4.69, 9.17) is 0 Å². The summed E-state index contributed by atoms with van der Waals surface area (Å²) >= 11 is 0. The molecule has 25 heavy (non-hydrogen) atoms. The van der Waals surface area contributed by atoms with Gasteiger partial charge in [-0.1, -0.05) is 6.42 Å². The molecule has 3 aromatic heterocycles. The Morgan fingerprint density at radius 3 is 2.92 bits per heavy atom. The van der Waals surface area contributed by atoms with Gasteiger partial charge in [-0.3, -0.25) is 14.2 Å². The number of hydrogen-bond donors (Lipinski definition) is 1. The third-order valence-electron chi connectivity index (χ3n) is 4.47. The molecule has 3 aromatic rings. The predicted molar refractivity (Wildman–Crippen MR) is 90.5 cm³/mol. The molecule has 1 aliphatic heterocycles. The highest BCUT2D eigenvalue weighted by atomic mass is 32.2. The number of fused-ring (bicyclic) bond motifs is 1. The van der Waals surface area contributed by atoms with Gasteiger partial charge in [0.2, 0.25) is 15.8 Å². The summed E-state index contributed by atoms with van der Waals surface area (Å²) in [7, 11) is -3.69. The van der Waals surface area contributed by atoms with Crippen molar-refractivity contribution in [2.24, 2.45) is 0 Å². The predicted octanol–water partition coefficient (Wildman–Crippen LogP) is 1.33. The second-order valence-electron chi connectivity index (χ2n) is 6.00. The van der Waals surface area contributed by atoms with E-state index in [1.165, 1.54) is 39.4 Å². The standard InChI is InChI=1S/C16H17N5O3S/c22-15-10-13(19-16-18-7-9-20(15)16)14-5-1-2-8-21(14)25(23,24)12-4-3-6-17-11-12/h3-4,6-7,9-11,14H,1-2,5,8H2,(H,18,19)/t14-/m0/s1. The highest BCUT2D eigenvalue weighted by molar-refractivity contribution is 7.89. The van der Waals surface area contributed by atoms with Crippen LogP contribution in [-0.2, 0) is 10.0 Å². The van der Waals surface area contributed by atoms with Crippen molar-refractivity contribution >= 4 is 15.8 Å². The summed E-state index contributed by atoms with van der Waals surface area (Å²) in [6, 6.07) is 4.17. The van der Waals surface area contributed by atoms with E-state index >= 15 is 0 Å². The van der Waals surface area contributed by atoms with Crippen LogP contribution in [0.25, 0.3) is 5.78 Å². The van der Waals surface area contributed by atoms with Gasteiger partial charge in [0, 0.05) is 43.1 Å². The minimum absolute atomic E-state index is 0.158. The molecule has 0 bridgehead atoms. The Bertz CT molecular complexity index is 1060. The third-order valence-corrected chi connectivity index (χ3v) is 6.36. The van der Waals surface area contributed by atoms with Gasteiger partial charge in [0.05, 0.1) is 6.04 Å². The van der Waals surface area contributed by atoms with E-state index in [1.807, 2.05) is 0 Å². The van der Waals surface area contributed by atoms with Crippen LogP contribution in [0.1, 0.15) is 31.0 Å². The SMILES string of the molecule is O=c1cc([C@@H]2CCCCN2S(=O)(=O)c2cccnc2)[nH]c2nccn12. The van der Waals surface area contributed by atoms with Gasteiger partial charge in [0.25, 0.3) is 5.56 Å². The van der Waals surface area contributed by atoms with Crippen LogP contribution in [0.3, 0.4) is 0 Å². The molecule has 0 unspecified atom stereocenters. The number of piperidine rings is 1. The van der Waals surface area contributed by atoms with E-state index in [-0.39, 0.29) is 10.5 Å². The number of sulfonamides is 1. The van der Waals surface area contributed by atoms with Crippen molar-refractivity contribution in [3.05, 3.63) is 59.0 Å².